The quantitative estimate of drug-likeness (QED) is 0.639. The molecule has 1 heterocycles. The molecule has 1 unspecified atom stereocenters. The lowest BCUT2D eigenvalue weighted by atomic mass is 10.2. The Morgan fingerprint density at radius 2 is 1.63 bits per heavy atom. The summed E-state index contributed by atoms with van der Waals surface area (Å²) in [6.45, 7) is 10.2. The molecule has 0 aliphatic rings. The number of nitrogens with zero attached hydrogens (tertiary/aromatic N) is 3. The van der Waals surface area contributed by atoms with Gasteiger partial charge >= 0.3 is 12.0 Å². The van der Waals surface area contributed by atoms with Crippen LogP contribution >= 0.6 is 0 Å². The molecule has 0 saturated heterocycles. The van der Waals surface area contributed by atoms with E-state index in [1.54, 1.807) is 31.2 Å². The fraction of sp³-hybridized carbons (Fsp3) is 0.474. The molecule has 27 heavy (non-hydrogen) atoms. The van der Waals surface area contributed by atoms with Crippen LogP contribution in [0.15, 0.2) is 24.3 Å². The van der Waals surface area contributed by atoms with Crippen LogP contribution in [0.1, 0.15) is 51.4 Å². The molecular formula is C19H27N5O3. The summed E-state index contributed by atoms with van der Waals surface area (Å²) in [5.74, 6) is 1.02. The Labute approximate surface area is 159 Å². The summed E-state index contributed by atoms with van der Waals surface area (Å²) in [7, 11) is 0. The van der Waals surface area contributed by atoms with Crippen LogP contribution in [-0.4, -0.2) is 39.6 Å². The van der Waals surface area contributed by atoms with Gasteiger partial charge in [-0.3, -0.25) is 0 Å². The summed E-state index contributed by atoms with van der Waals surface area (Å²) in [6, 6.07) is 7.18. The molecule has 2 rings (SSSR count). The minimum atomic E-state index is -0.368. The van der Waals surface area contributed by atoms with Crippen molar-refractivity contribution in [2.24, 2.45) is 0 Å². The number of carbonyl (C=O) groups is 1. The van der Waals surface area contributed by atoms with Crippen molar-refractivity contribution in [2.45, 2.75) is 53.1 Å². The lowest BCUT2D eigenvalue weighted by molar-refractivity contribution is 0.0526. The molecule has 0 radical (unpaired) electrons. The van der Waals surface area contributed by atoms with Crippen molar-refractivity contribution in [1.29, 1.82) is 0 Å². The average molecular weight is 373 g/mol. The smallest absolute Gasteiger partial charge is 0.338 e. The number of rotatable bonds is 9. The highest BCUT2D eigenvalue weighted by Gasteiger charge is 2.12. The van der Waals surface area contributed by atoms with Gasteiger partial charge in [-0.05, 0) is 58.4 Å². The van der Waals surface area contributed by atoms with Gasteiger partial charge < -0.3 is 20.1 Å². The van der Waals surface area contributed by atoms with Crippen molar-refractivity contribution in [3.05, 3.63) is 29.8 Å². The van der Waals surface area contributed by atoms with Gasteiger partial charge in [0.05, 0.1) is 12.2 Å². The van der Waals surface area contributed by atoms with Gasteiger partial charge in [0.15, 0.2) is 0 Å². The zero-order chi connectivity index (χ0) is 19.8. The molecule has 0 bridgehead atoms. The summed E-state index contributed by atoms with van der Waals surface area (Å²) in [4.78, 5) is 24.7. The molecule has 1 aromatic carbocycles. The average Bonchev–Trinajstić information content (AvgIpc) is 2.61. The first kappa shape index (κ1) is 20.4. The first-order chi connectivity index (χ1) is 12.9. The van der Waals surface area contributed by atoms with Crippen molar-refractivity contribution >= 4 is 17.9 Å². The van der Waals surface area contributed by atoms with Gasteiger partial charge in [0.25, 0.3) is 0 Å². The molecule has 0 amide bonds. The van der Waals surface area contributed by atoms with Crippen LogP contribution in [0.2, 0.25) is 0 Å². The molecule has 8 heteroatoms. The minimum absolute atomic E-state index is 0.167. The van der Waals surface area contributed by atoms with Gasteiger partial charge in [-0.2, -0.15) is 15.0 Å². The number of nitrogens with one attached hydrogen (secondary N) is 2. The number of hydrogen-bond acceptors (Lipinski definition) is 8. The Morgan fingerprint density at radius 1 is 1.00 bits per heavy atom. The molecule has 0 saturated carbocycles. The third-order valence-electron chi connectivity index (χ3n) is 3.60. The lowest BCUT2D eigenvalue weighted by Gasteiger charge is -2.14. The maximum Gasteiger partial charge on any atom is 0.338 e. The summed E-state index contributed by atoms with van der Waals surface area (Å²) in [6.07, 6.45) is 0.935. The fourth-order valence-corrected chi connectivity index (χ4v) is 2.09. The third-order valence-corrected chi connectivity index (χ3v) is 3.60. The first-order valence-electron chi connectivity index (χ1n) is 9.15. The molecule has 1 atom stereocenters. The Morgan fingerprint density at radius 3 is 2.19 bits per heavy atom. The highest BCUT2D eigenvalue weighted by atomic mass is 16.5. The zero-order valence-corrected chi connectivity index (χ0v) is 16.4. The van der Waals surface area contributed by atoms with E-state index in [2.05, 4.69) is 32.5 Å². The molecule has 0 fully saturated rings. The molecule has 2 N–H and O–H groups in total. The van der Waals surface area contributed by atoms with Crippen molar-refractivity contribution in [3.8, 4) is 11.8 Å². The second-order valence-corrected chi connectivity index (χ2v) is 6.36. The van der Waals surface area contributed by atoms with Gasteiger partial charge in [-0.1, -0.05) is 6.92 Å². The Kier molecular flexibility index (Phi) is 7.34. The van der Waals surface area contributed by atoms with Crippen LogP contribution in [-0.2, 0) is 4.74 Å². The van der Waals surface area contributed by atoms with E-state index in [9.17, 15) is 4.79 Å². The maximum atomic E-state index is 11.7. The monoisotopic (exact) mass is 373 g/mol. The summed E-state index contributed by atoms with van der Waals surface area (Å²) < 4.78 is 10.7. The Balaban J connectivity index is 2.20. The number of benzene rings is 1. The third kappa shape index (κ3) is 6.40. The maximum absolute atomic E-state index is 11.7. The summed E-state index contributed by atoms with van der Waals surface area (Å²) in [5, 5.41) is 6.38. The van der Waals surface area contributed by atoms with Crippen LogP contribution in [0.5, 0.6) is 11.8 Å². The number of esters is 1. The minimum Gasteiger partial charge on any atom is -0.462 e. The molecule has 0 spiro atoms. The van der Waals surface area contributed by atoms with Gasteiger partial charge in [0.2, 0.25) is 11.9 Å². The topological polar surface area (TPSA) is 98.3 Å². The van der Waals surface area contributed by atoms with Gasteiger partial charge in [0.1, 0.15) is 5.75 Å². The second kappa shape index (κ2) is 9.70. The van der Waals surface area contributed by atoms with Crippen LogP contribution < -0.4 is 15.4 Å². The van der Waals surface area contributed by atoms with E-state index in [4.69, 9.17) is 9.47 Å². The highest BCUT2D eigenvalue weighted by molar-refractivity contribution is 5.89. The normalized spacial score (nSPS) is 11.8. The van der Waals surface area contributed by atoms with Gasteiger partial charge in [-0.15, -0.1) is 0 Å². The summed E-state index contributed by atoms with van der Waals surface area (Å²) in [5.41, 5.74) is 0.459. The van der Waals surface area contributed by atoms with Crippen LogP contribution in [0.4, 0.5) is 11.9 Å². The Hall–Kier alpha value is -2.90. The molecule has 0 aliphatic heterocycles. The zero-order valence-electron chi connectivity index (χ0n) is 16.4. The predicted octanol–water partition coefficient (Wildman–Crippen LogP) is 3.87. The second-order valence-electron chi connectivity index (χ2n) is 6.36. The van der Waals surface area contributed by atoms with E-state index < -0.39 is 0 Å². The molecule has 1 aromatic heterocycles. The number of carbonyl (C=O) groups excluding carboxylic acids is 1. The fourth-order valence-electron chi connectivity index (χ4n) is 2.09. The molecule has 146 valence electrons. The van der Waals surface area contributed by atoms with Crippen molar-refractivity contribution in [1.82, 2.24) is 15.0 Å². The van der Waals surface area contributed by atoms with Crippen LogP contribution in [0, 0.1) is 0 Å². The van der Waals surface area contributed by atoms with E-state index >= 15 is 0 Å². The highest BCUT2D eigenvalue weighted by Crippen LogP contribution is 2.21. The first-order valence-corrected chi connectivity index (χ1v) is 9.15. The predicted molar refractivity (Wildman–Crippen MR) is 104 cm³/mol. The lowest BCUT2D eigenvalue weighted by Crippen LogP contribution is -2.19. The molecule has 0 aliphatic carbocycles. The molecular weight excluding hydrogens is 346 g/mol. The van der Waals surface area contributed by atoms with Gasteiger partial charge in [-0.25, -0.2) is 4.79 Å². The SMILES string of the molecule is CCOC(=O)c1ccc(Oc2nc(NC(C)C)nc(NC(C)CC)n2)cc1. The molecule has 8 nitrogen and oxygen atoms in total. The van der Waals surface area contributed by atoms with E-state index in [-0.39, 0.29) is 24.1 Å². The van der Waals surface area contributed by atoms with E-state index in [0.717, 1.165) is 6.42 Å². The number of ether oxygens (including phenoxy) is 2. The number of aromatic nitrogens is 3. The summed E-state index contributed by atoms with van der Waals surface area (Å²) >= 11 is 0. The van der Waals surface area contributed by atoms with Gasteiger partial charge in [0, 0.05) is 12.1 Å². The Bertz CT molecular complexity index is 750. The van der Waals surface area contributed by atoms with E-state index in [1.165, 1.54) is 0 Å². The van der Waals surface area contributed by atoms with Crippen LogP contribution in [0.25, 0.3) is 0 Å². The number of anilines is 2. The largest absolute Gasteiger partial charge is 0.462 e. The van der Waals surface area contributed by atoms with Crippen molar-refractivity contribution in [3.63, 3.8) is 0 Å². The standard InChI is InChI=1S/C19H27N5O3/c1-6-13(5)21-18-22-17(20-12(3)4)23-19(24-18)27-15-10-8-14(9-11-15)16(25)26-7-2/h8-13H,6-7H2,1-5H3,(H2,20,21,22,23,24). The van der Waals surface area contributed by atoms with Crippen molar-refractivity contribution < 1.29 is 14.3 Å². The molecule has 2 aromatic rings. The number of hydrogen-bond donors (Lipinski definition) is 2. The van der Waals surface area contributed by atoms with E-state index in [0.29, 0.717) is 29.8 Å². The van der Waals surface area contributed by atoms with E-state index in [1.807, 2.05) is 20.8 Å². The van der Waals surface area contributed by atoms with Crippen LogP contribution in [0.3, 0.4) is 0 Å². The van der Waals surface area contributed by atoms with Crippen molar-refractivity contribution in [2.75, 3.05) is 17.2 Å².